The average molecular weight is 158 g/mol. The van der Waals surface area contributed by atoms with Gasteiger partial charge in [0.25, 0.3) is 0 Å². The van der Waals surface area contributed by atoms with Crippen LogP contribution >= 0.6 is 0 Å². The second-order valence-electron chi connectivity index (χ2n) is 2.60. The lowest BCUT2D eigenvalue weighted by molar-refractivity contribution is 0.562. The largest absolute Gasteiger partial charge is 0.370 e. The highest BCUT2D eigenvalue weighted by Crippen LogP contribution is 1.86. The Morgan fingerprint density at radius 2 is 2.27 bits per heavy atom. The van der Waals surface area contributed by atoms with E-state index in [4.69, 9.17) is 11.1 Å². The summed E-state index contributed by atoms with van der Waals surface area (Å²) >= 11 is 0. The lowest BCUT2D eigenvalue weighted by Crippen LogP contribution is -2.38. The molecule has 0 aliphatic carbocycles. The Labute approximate surface area is 68.1 Å². The van der Waals surface area contributed by atoms with E-state index in [1.165, 1.54) is 0 Å². The van der Waals surface area contributed by atoms with Crippen molar-refractivity contribution >= 4 is 5.96 Å². The number of rotatable bonds is 5. The van der Waals surface area contributed by atoms with Crippen molar-refractivity contribution in [3.8, 4) is 0 Å². The van der Waals surface area contributed by atoms with Gasteiger partial charge >= 0.3 is 0 Å². The minimum Gasteiger partial charge on any atom is -0.370 e. The Bertz CT molecular complexity index is 113. The maximum atomic E-state index is 6.95. The van der Waals surface area contributed by atoms with Gasteiger partial charge in [0, 0.05) is 6.04 Å². The molecule has 0 bridgehead atoms. The van der Waals surface area contributed by atoms with Gasteiger partial charge in [-0.1, -0.05) is 6.92 Å². The van der Waals surface area contributed by atoms with E-state index in [9.17, 15) is 0 Å². The van der Waals surface area contributed by atoms with Crippen LogP contribution in [0.5, 0.6) is 0 Å². The maximum Gasteiger partial charge on any atom is 0.185 e. The van der Waals surface area contributed by atoms with Crippen LogP contribution in [-0.4, -0.2) is 25.1 Å². The molecule has 66 valence electrons. The smallest absolute Gasteiger partial charge is 0.185 e. The van der Waals surface area contributed by atoms with Gasteiger partial charge in [-0.15, -0.1) is 0 Å². The zero-order valence-corrected chi connectivity index (χ0v) is 7.28. The molecular weight excluding hydrogens is 140 g/mol. The van der Waals surface area contributed by atoms with Gasteiger partial charge in [0.05, 0.1) is 0 Å². The van der Waals surface area contributed by atoms with Crippen LogP contribution in [0.2, 0.25) is 0 Å². The number of guanidine groups is 1. The zero-order chi connectivity index (χ0) is 8.69. The third kappa shape index (κ3) is 7.12. The quantitative estimate of drug-likeness (QED) is 0.255. The molecule has 0 fully saturated rings. The summed E-state index contributed by atoms with van der Waals surface area (Å²) in [5.41, 5.74) is 5.15. The summed E-state index contributed by atoms with van der Waals surface area (Å²) in [4.78, 5) is 0. The van der Waals surface area contributed by atoms with Crippen molar-refractivity contribution in [2.45, 2.75) is 26.3 Å². The molecule has 11 heavy (non-hydrogen) atoms. The molecule has 0 aliphatic rings. The van der Waals surface area contributed by atoms with Crippen LogP contribution in [-0.2, 0) is 0 Å². The fraction of sp³-hybridized carbons (Fsp3) is 0.857. The second-order valence-corrected chi connectivity index (χ2v) is 2.60. The van der Waals surface area contributed by atoms with Crippen molar-refractivity contribution in [3.63, 3.8) is 0 Å². The molecule has 0 radical (unpaired) electrons. The number of nitrogens with two attached hydrogens (primary N) is 1. The van der Waals surface area contributed by atoms with Crippen LogP contribution < -0.4 is 16.4 Å². The topological polar surface area (TPSA) is 73.9 Å². The van der Waals surface area contributed by atoms with Gasteiger partial charge in [-0.2, -0.15) is 0 Å². The second kappa shape index (κ2) is 5.97. The molecule has 5 N–H and O–H groups in total. The highest BCUT2D eigenvalue weighted by molar-refractivity contribution is 5.74. The Morgan fingerprint density at radius 3 is 2.73 bits per heavy atom. The first-order valence-electron chi connectivity index (χ1n) is 3.98. The molecule has 0 saturated carbocycles. The Kier molecular flexibility index (Phi) is 5.56. The van der Waals surface area contributed by atoms with E-state index < -0.39 is 0 Å². The standard InChI is InChI=1S/C7H18N4/c1-3-10-5-4-6(2)11-7(8)9/h6,10H,3-5H2,1-2H3,(H4,8,9,11)/t6-/m1/s1. The summed E-state index contributed by atoms with van der Waals surface area (Å²) in [6.07, 6.45) is 0.993. The molecule has 0 unspecified atom stereocenters. The van der Waals surface area contributed by atoms with Crippen molar-refractivity contribution in [3.05, 3.63) is 0 Å². The van der Waals surface area contributed by atoms with Crippen molar-refractivity contribution < 1.29 is 0 Å². The van der Waals surface area contributed by atoms with Crippen molar-refractivity contribution in [2.75, 3.05) is 13.1 Å². The first kappa shape index (κ1) is 10.2. The predicted molar refractivity (Wildman–Crippen MR) is 47.7 cm³/mol. The van der Waals surface area contributed by atoms with Crippen LogP contribution in [0.15, 0.2) is 0 Å². The fourth-order valence-electron chi connectivity index (χ4n) is 0.833. The van der Waals surface area contributed by atoms with E-state index in [1.54, 1.807) is 0 Å². The van der Waals surface area contributed by atoms with Crippen LogP contribution in [0, 0.1) is 5.41 Å². The lowest BCUT2D eigenvalue weighted by Gasteiger charge is -2.12. The van der Waals surface area contributed by atoms with Gasteiger partial charge in [-0.25, -0.2) is 0 Å². The molecule has 0 saturated heterocycles. The highest BCUT2D eigenvalue weighted by atomic mass is 15.1. The van der Waals surface area contributed by atoms with Crippen molar-refractivity contribution in [2.24, 2.45) is 5.73 Å². The van der Waals surface area contributed by atoms with Gasteiger partial charge in [0.15, 0.2) is 5.96 Å². The summed E-state index contributed by atoms with van der Waals surface area (Å²) in [6.45, 7) is 6.05. The van der Waals surface area contributed by atoms with Crippen molar-refractivity contribution in [1.29, 1.82) is 5.41 Å². The minimum atomic E-state index is 0.0500. The lowest BCUT2D eigenvalue weighted by atomic mass is 10.2. The molecular formula is C7H18N4. The molecule has 0 spiro atoms. The molecule has 0 aliphatic heterocycles. The van der Waals surface area contributed by atoms with Gasteiger partial charge in [-0.3, -0.25) is 5.41 Å². The monoisotopic (exact) mass is 158 g/mol. The number of nitrogens with one attached hydrogen (secondary N) is 3. The summed E-state index contributed by atoms with van der Waals surface area (Å²) < 4.78 is 0. The maximum absolute atomic E-state index is 6.95. The minimum absolute atomic E-state index is 0.0500. The molecule has 1 atom stereocenters. The summed E-state index contributed by atoms with van der Waals surface area (Å²) in [5.74, 6) is 0.0500. The molecule has 0 aromatic carbocycles. The van der Waals surface area contributed by atoms with Crippen molar-refractivity contribution in [1.82, 2.24) is 10.6 Å². The van der Waals surface area contributed by atoms with E-state index in [0.29, 0.717) is 0 Å². The first-order chi connectivity index (χ1) is 5.16. The van der Waals surface area contributed by atoms with E-state index >= 15 is 0 Å². The third-order valence-electron chi connectivity index (χ3n) is 1.41. The van der Waals surface area contributed by atoms with Crippen LogP contribution in [0.3, 0.4) is 0 Å². The normalized spacial score (nSPS) is 12.5. The Morgan fingerprint density at radius 1 is 1.64 bits per heavy atom. The number of hydrogen-bond donors (Lipinski definition) is 4. The third-order valence-corrected chi connectivity index (χ3v) is 1.41. The molecule has 4 nitrogen and oxygen atoms in total. The molecule has 0 rings (SSSR count). The molecule has 4 heteroatoms. The van der Waals surface area contributed by atoms with E-state index in [2.05, 4.69) is 17.6 Å². The van der Waals surface area contributed by atoms with E-state index in [-0.39, 0.29) is 12.0 Å². The predicted octanol–water partition coefficient (Wildman–Crippen LogP) is -0.142. The highest BCUT2D eigenvalue weighted by Gasteiger charge is 1.99. The Balaban J connectivity index is 3.22. The van der Waals surface area contributed by atoms with Crippen LogP contribution in [0.4, 0.5) is 0 Å². The average Bonchev–Trinajstić information content (AvgIpc) is 1.86. The van der Waals surface area contributed by atoms with Gasteiger partial charge in [0.2, 0.25) is 0 Å². The summed E-state index contributed by atoms with van der Waals surface area (Å²) in [5, 5.41) is 13.0. The molecule has 0 amide bonds. The van der Waals surface area contributed by atoms with Crippen LogP contribution in [0.25, 0.3) is 0 Å². The van der Waals surface area contributed by atoms with E-state index in [0.717, 1.165) is 19.5 Å². The number of hydrogen-bond acceptors (Lipinski definition) is 2. The van der Waals surface area contributed by atoms with E-state index in [1.807, 2.05) is 6.92 Å². The summed E-state index contributed by atoms with van der Waals surface area (Å²) in [6, 6.07) is 0.284. The first-order valence-corrected chi connectivity index (χ1v) is 3.98. The van der Waals surface area contributed by atoms with Gasteiger partial charge < -0.3 is 16.4 Å². The molecule has 0 aromatic rings. The zero-order valence-electron chi connectivity index (χ0n) is 7.28. The Hall–Kier alpha value is -0.770. The van der Waals surface area contributed by atoms with Crippen LogP contribution in [0.1, 0.15) is 20.3 Å². The molecule has 0 aromatic heterocycles. The SMILES string of the molecule is CCNCC[C@@H](C)NC(=N)N. The van der Waals surface area contributed by atoms with Gasteiger partial charge in [0.1, 0.15) is 0 Å². The summed E-state index contributed by atoms with van der Waals surface area (Å²) in [7, 11) is 0. The molecule has 0 heterocycles. The fourth-order valence-corrected chi connectivity index (χ4v) is 0.833. The van der Waals surface area contributed by atoms with Gasteiger partial charge in [-0.05, 0) is 26.4 Å².